The molecule has 1 rings (SSSR count). The number of rotatable bonds is 6. The Labute approximate surface area is 110 Å². The second kappa shape index (κ2) is 6.16. The van der Waals surface area contributed by atoms with Crippen LogP contribution in [0.5, 0.6) is 5.88 Å². The van der Waals surface area contributed by atoms with Crippen molar-refractivity contribution in [3.05, 3.63) is 10.7 Å². The number of anilines is 1. The van der Waals surface area contributed by atoms with Crippen LogP contribution in [0.3, 0.4) is 0 Å². The van der Waals surface area contributed by atoms with E-state index in [1.165, 1.54) is 0 Å². The molecule has 0 saturated carbocycles. The predicted molar refractivity (Wildman–Crippen MR) is 70.3 cm³/mol. The van der Waals surface area contributed by atoms with Crippen LogP contribution in [-0.4, -0.2) is 34.3 Å². The standard InChI is InChI=1S/C11H18BrN3O2/c1-4-11(2,5-6-16)15-10-13-7-8(12)9(14-10)17-3/h7,16H,4-6H2,1-3H3,(H,13,14,15). The molecular weight excluding hydrogens is 286 g/mol. The van der Waals surface area contributed by atoms with Crippen molar-refractivity contribution in [1.82, 2.24) is 9.97 Å². The van der Waals surface area contributed by atoms with Crippen molar-refractivity contribution in [2.45, 2.75) is 32.2 Å². The molecule has 0 amide bonds. The number of nitrogens with one attached hydrogen (secondary N) is 1. The average Bonchev–Trinajstić information content (AvgIpc) is 2.32. The number of aromatic nitrogens is 2. The fraction of sp³-hybridized carbons (Fsp3) is 0.636. The van der Waals surface area contributed by atoms with Gasteiger partial charge in [0.2, 0.25) is 11.8 Å². The van der Waals surface area contributed by atoms with Crippen LogP contribution in [0.25, 0.3) is 0 Å². The molecule has 1 aromatic rings. The van der Waals surface area contributed by atoms with Gasteiger partial charge < -0.3 is 15.2 Å². The summed E-state index contributed by atoms with van der Waals surface area (Å²) in [6.07, 6.45) is 3.16. The van der Waals surface area contributed by atoms with Crippen LogP contribution in [0.1, 0.15) is 26.7 Å². The van der Waals surface area contributed by atoms with Gasteiger partial charge in [-0.25, -0.2) is 4.98 Å². The van der Waals surface area contributed by atoms with Crippen LogP contribution in [0.15, 0.2) is 10.7 Å². The summed E-state index contributed by atoms with van der Waals surface area (Å²) in [6, 6.07) is 0. The quantitative estimate of drug-likeness (QED) is 0.843. The third-order valence-electron chi connectivity index (χ3n) is 2.76. The Hall–Kier alpha value is -0.880. The highest BCUT2D eigenvalue weighted by atomic mass is 79.9. The van der Waals surface area contributed by atoms with Gasteiger partial charge >= 0.3 is 0 Å². The molecule has 1 aromatic heterocycles. The maximum atomic E-state index is 9.04. The van der Waals surface area contributed by atoms with E-state index in [1.807, 2.05) is 6.92 Å². The first-order chi connectivity index (χ1) is 8.04. The number of methoxy groups -OCH3 is 1. The van der Waals surface area contributed by atoms with Crippen LogP contribution >= 0.6 is 15.9 Å². The van der Waals surface area contributed by atoms with Crippen molar-refractivity contribution >= 4 is 21.9 Å². The zero-order chi connectivity index (χ0) is 12.9. The molecule has 0 fully saturated rings. The van der Waals surface area contributed by atoms with Gasteiger partial charge in [-0.2, -0.15) is 4.98 Å². The number of hydrogen-bond donors (Lipinski definition) is 2. The Kier molecular flexibility index (Phi) is 5.14. The third kappa shape index (κ3) is 3.81. The molecule has 17 heavy (non-hydrogen) atoms. The van der Waals surface area contributed by atoms with Crippen molar-refractivity contribution in [3.63, 3.8) is 0 Å². The molecule has 1 heterocycles. The fourth-order valence-corrected chi connectivity index (χ4v) is 1.75. The average molecular weight is 304 g/mol. The van der Waals surface area contributed by atoms with Gasteiger partial charge in [0.1, 0.15) is 0 Å². The molecule has 1 unspecified atom stereocenters. The van der Waals surface area contributed by atoms with Crippen LogP contribution in [0.4, 0.5) is 5.95 Å². The van der Waals surface area contributed by atoms with Crippen LogP contribution in [-0.2, 0) is 0 Å². The van der Waals surface area contributed by atoms with E-state index < -0.39 is 0 Å². The van der Waals surface area contributed by atoms with E-state index in [9.17, 15) is 0 Å². The lowest BCUT2D eigenvalue weighted by Gasteiger charge is -2.28. The van der Waals surface area contributed by atoms with Gasteiger partial charge in [0, 0.05) is 12.1 Å². The molecule has 0 radical (unpaired) electrons. The topological polar surface area (TPSA) is 67.3 Å². The van der Waals surface area contributed by atoms with Crippen LogP contribution < -0.4 is 10.1 Å². The van der Waals surface area contributed by atoms with Gasteiger partial charge in [0.15, 0.2) is 0 Å². The number of ether oxygens (including phenoxy) is 1. The molecule has 0 aromatic carbocycles. The van der Waals surface area contributed by atoms with E-state index in [0.29, 0.717) is 22.7 Å². The van der Waals surface area contributed by atoms with E-state index in [1.54, 1.807) is 13.3 Å². The van der Waals surface area contributed by atoms with Gasteiger partial charge in [0.25, 0.3) is 0 Å². The number of aliphatic hydroxyl groups excluding tert-OH is 1. The van der Waals surface area contributed by atoms with E-state index in [2.05, 4.69) is 38.1 Å². The van der Waals surface area contributed by atoms with Gasteiger partial charge in [0.05, 0.1) is 17.8 Å². The lowest BCUT2D eigenvalue weighted by molar-refractivity contribution is 0.251. The minimum Gasteiger partial charge on any atom is -0.480 e. The Morgan fingerprint density at radius 2 is 2.29 bits per heavy atom. The second-order valence-corrected chi connectivity index (χ2v) is 4.92. The van der Waals surface area contributed by atoms with Crippen LogP contribution in [0, 0.1) is 0 Å². The molecule has 2 N–H and O–H groups in total. The van der Waals surface area contributed by atoms with Gasteiger partial charge in [-0.15, -0.1) is 0 Å². The molecule has 0 aliphatic heterocycles. The summed E-state index contributed by atoms with van der Waals surface area (Å²) < 4.78 is 5.82. The minimum absolute atomic E-state index is 0.130. The van der Waals surface area contributed by atoms with Crippen molar-refractivity contribution in [1.29, 1.82) is 0 Å². The van der Waals surface area contributed by atoms with E-state index in [4.69, 9.17) is 9.84 Å². The normalized spacial score (nSPS) is 14.2. The summed E-state index contributed by atoms with van der Waals surface area (Å²) in [5.41, 5.74) is -0.215. The second-order valence-electron chi connectivity index (χ2n) is 4.06. The highest BCUT2D eigenvalue weighted by Gasteiger charge is 2.22. The van der Waals surface area contributed by atoms with E-state index in [-0.39, 0.29) is 12.1 Å². The Bertz CT molecular complexity index is 376. The maximum absolute atomic E-state index is 9.04. The lowest BCUT2D eigenvalue weighted by Crippen LogP contribution is -2.35. The van der Waals surface area contributed by atoms with Crippen molar-refractivity contribution in [3.8, 4) is 5.88 Å². The summed E-state index contributed by atoms with van der Waals surface area (Å²) in [4.78, 5) is 8.40. The minimum atomic E-state index is -0.215. The van der Waals surface area contributed by atoms with E-state index >= 15 is 0 Å². The smallest absolute Gasteiger partial charge is 0.232 e. The third-order valence-corrected chi connectivity index (χ3v) is 3.31. The van der Waals surface area contributed by atoms with Gasteiger partial charge in [-0.1, -0.05) is 6.92 Å². The molecule has 5 nitrogen and oxygen atoms in total. The monoisotopic (exact) mass is 303 g/mol. The number of halogens is 1. The lowest BCUT2D eigenvalue weighted by atomic mass is 9.95. The number of aliphatic hydroxyl groups is 1. The Balaban J connectivity index is 2.86. The molecule has 0 aliphatic rings. The Morgan fingerprint density at radius 3 is 2.82 bits per heavy atom. The molecule has 0 bridgehead atoms. The first-order valence-electron chi connectivity index (χ1n) is 5.50. The fourth-order valence-electron chi connectivity index (χ4n) is 1.40. The molecule has 1 atom stereocenters. The van der Waals surface area contributed by atoms with E-state index in [0.717, 1.165) is 6.42 Å². The molecule has 0 saturated heterocycles. The molecule has 6 heteroatoms. The maximum Gasteiger partial charge on any atom is 0.232 e. The predicted octanol–water partition coefficient (Wildman–Crippen LogP) is 2.21. The Morgan fingerprint density at radius 1 is 1.59 bits per heavy atom. The molecular formula is C11H18BrN3O2. The highest BCUT2D eigenvalue weighted by Crippen LogP contribution is 2.25. The zero-order valence-electron chi connectivity index (χ0n) is 10.3. The SMILES string of the molecule is CCC(C)(CCO)Nc1ncc(Br)c(OC)n1. The van der Waals surface area contributed by atoms with Gasteiger partial charge in [-0.3, -0.25) is 0 Å². The number of hydrogen-bond acceptors (Lipinski definition) is 5. The van der Waals surface area contributed by atoms with Crippen molar-refractivity contribution in [2.75, 3.05) is 19.0 Å². The summed E-state index contributed by atoms with van der Waals surface area (Å²) in [7, 11) is 1.56. The summed E-state index contributed by atoms with van der Waals surface area (Å²) in [6.45, 7) is 4.21. The van der Waals surface area contributed by atoms with Crippen LogP contribution in [0.2, 0.25) is 0 Å². The van der Waals surface area contributed by atoms with Crippen molar-refractivity contribution < 1.29 is 9.84 Å². The highest BCUT2D eigenvalue weighted by molar-refractivity contribution is 9.10. The molecule has 0 spiro atoms. The zero-order valence-corrected chi connectivity index (χ0v) is 11.9. The summed E-state index contributed by atoms with van der Waals surface area (Å²) in [5, 5.41) is 12.3. The number of nitrogens with zero attached hydrogens (tertiary/aromatic N) is 2. The first-order valence-corrected chi connectivity index (χ1v) is 6.29. The van der Waals surface area contributed by atoms with Crippen molar-refractivity contribution in [2.24, 2.45) is 0 Å². The molecule has 96 valence electrons. The molecule has 0 aliphatic carbocycles. The first kappa shape index (κ1) is 14.2. The van der Waals surface area contributed by atoms with Gasteiger partial charge in [-0.05, 0) is 35.7 Å². The summed E-state index contributed by atoms with van der Waals surface area (Å²) >= 11 is 3.30. The summed E-state index contributed by atoms with van der Waals surface area (Å²) in [5.74, 6) is 0.993. The largest absolute Gasteiger partial charge is 0.480 e.